The average molecular weight is 408 g/mol. The topological polar surface area (TPSA) is 64.2 Å². The maximum absolute atomic E-state index is 13.2. The van der Waals surface area contributed by atoms with E-state index in [4.69, 9.17) is 4.42 Å². The van der Waals surface area contributed by atoms with Crippen molar-refractivity contribution in [3.05, 3.63) is 71.4 Å². The molecule has 0 N–H and O–H groups in total. The summed E-state index contributed by atoms with van der Waals surface area (Å²) in [4.78, 5) is 13.8. The number of rotatable bonds is 5. The summed E-state index contributed by atoms with van der Waals surface area (Å²) in [5, 5.41) is 7.69. The third-order valence-corrected chi connectivity index (χ3v) is 5.56. The van der Waals surface area contributed by atoms with E-state index in [0.29, 0.717) is 23.8 Å². The van der Waals surface area contributed by atoms with Crippen LogP contribution in [-0.2, 0) is 24.1 Å². The number of nitrogens with zero attached hydrogens (tertiary/aromatic N) is 4. The van der Waals surface area contributed by atoms with Crippen molar-refractivity contribution in [3.8, 4) is 0 Å². The lowest BCUT2D eigenvalue weighted by atomic mass is 10.1. The Morgan fingerprint density at radius 3 is 2.75 bits per heavy atom. The van der Waals surface area contributed by atoms with E-state index in [1.165, 1.54) is 34.8 Å². The first-order chi connectivity index (χ1) is 13.4. The molecule has 1 fully saturated rings. The highest BCUT2D eigenvalue weighted by Crippen LogP contribution is 2.38. The van der Waals surface area contributed by atoms with Crippen LogP contribution < -0.4 is 0 Å². The largest absolute Gasteiger partial charge is 0.467 e. The second-order valence-corrected chi connectivity index (χ2v) is 7.33. The van der Waals surface area contributed by atoms with Crippen molar-refractivity contribution in [1.82, 2.24) is 19.9 Å². The minimum Gasteiger partial charge on any atom is -0.467 e. The van der Waals surface area contributed by atoms with Crippen molar-refractivity contribution in [1.29, 1.82) is 0 Å². The highest BCUT2D eigenvalue weighted by atomic mass is 32.2. The van der Waals surface area contributed by atoms with Crippen LogP contribution in [0.3, 0.4) is 0 Å². The molecule has 4 rings (SSSR count). The van der Waals surface area contributed by atoms with Gasteiger partial charge in [-0.15, -0.1) is 16.9 Å². The van der Waals surface area contributed by atoms with Crippen LogP contribution in [-0.4, -0.2) is 31.6 Å². The van der Waals surface area contributed by atoms with Gasteiger partial charge in [0.2, 0.25) is 5.91 Å². The van der Waals surface area contributed by atoms with Crippen molar-refractivity contribution in [2.45, 2.75) is 24.6 Å². The highest BCUT2D eigenvalue weighted by Gasteiger charge is 2.36. The van der Waals surface area contributed by atoms with Gasteiger partial charge in [0.25, 0.3) is 0 Å². The molecule has 0 saturated carbocycles. The standard InChI is InChI=1S/C18H15F3N4O2S/c19-18(20,21)14-6-2-1-4-12(14)8-24-10-15(22-23-24)17-25(16(26)11-28-17)9-13-5-3-7-27-13/h1-7,10,17H,8-9,11H2/t17-/m0/s1. The van der Waals surface area contributed by atoms with Gasteiger partial charge in [0, 0.05) is 0 Å². The van der Waals surface area contributed by atoms with Gasteiger partial charge in [-0.2, -0.15) is 13.2 Å². The lowest BCUT2D eigenvalue weighted by Crippen LogP contribution is -2.27. The molecule has 1 saturated heterocycles. The molecule has 0 bridgehead atoms. The lowest BCUT2D eigenvalue weighted by Gasteiger charge is -2.20. The van der Waals surface area contributed by atoms with Gasteiger partial charge in [-0.25, -0.2) is 4.68 Å². The van der Waals surface area contributed by atoms with Crippen LogP contribution in [0.25, 0.3) is 0 Å². The minimum absolute atomic E-state index is 0.0524. The number of carbonyl (C=O) groups is 1. The third kappa shape index (κ3) is 3.77. The number of alkyl halides is 3. The van der Waals surface area contributed by atoms with Gasteiger partial charge in [-0.05, 0) is 23.8 Å². The summed E-state index contributed by atoms with van der Waals surface area (Å²) in [6, 6.07) is 8.89. The van der Waals surface area contributed by atoms with E-state index in [1.807, 2.05) is 0 Å². The van der Waals surface area contributed by atoms with Crippen LogP contribution in [0.5, 0.6) is 0 Å². The van der Waals surface area contributed by atoms with Gasteiger partial charge >= 0.3 is 6.18 Å². The van der Waals surface area contributed by atoms with Crippen molar-refractivity contribution in [2.24, 2.45) is 0 Å². The number of hydrogen-bond acceptors (Lipinski definition) is 5. The molecule has 1 amide bonds. The molecule has 6 nitrogen and oxygen atoms in total. The molecule has 1 aromatic carbocycles. The summed E-state index contributed by atoms with van der Waals surface area (Å²) in [5.41, 5.74) is -0.0714. The first-order valence-corrected chi connectivity index (χ1v) is 9.45. The molecule has 28 heavy (non-hydrogen) atoms. The molecule has 0 spiro atoms. The van der Waals surface area contributed by atoms with E-state index >= 15 is 0 Å². The first-order valence-electron chi connectivity index (χ1n) is 8.40. The maximum Gasteiger partial charge on any atom is 0.416 e. The molecule has 1 aliphatic heterocycles. The number of thioether (sulfide) groups is 1. The minimum atomic E-state index is -4.44. The summed E-state index contributed by atoms with van der Waals surface area (Å²) in [7, 11) is 0. The predicted molar refractivity (Wildman–Crippen MR) is 95.0 cm³/mol. The Morgan fingerprint density at radius 1 is 1.18 bits per heavy atom. The zero-order chi connectivity index (χ0) is 19.7. The summed E-state index contributed by atoms with van der Waals surface area (Å²) < 4.78 is 46.2. The van der Waals surface area contributed by atoms with Gasteiger partial charge in [-0.3, -0.25) is 4.79 Å². The summed E-state index contributed by atoms with van der Waals surface area (Å²) in [6.07, 6.45) is -1.32. The van der Waals surface area contributed by atoms with E-state index in [1.54, 1.807) is 29.3 Å². The predicted octanol–water partition coefficient (Wildman–Crippen LogP) is 3.71. The number of benzene rings is 1. The Balaban J connectivity index is 1.54. The van der Waals surface area contributed by atoms with E-state index in [-0.39, 0.29) is 23.4 Å². The zero-order valence-electron chi connectivity index (χ0n) is 14.5. The second kappa shape index (κ2) is 7.34. The molecule has 2 aromatic heterocycles. The first kappa shape index (κ1) is 18.6. The quantitative estimate of drug-likeness (QED) is 0.644. The molecule has 0 aliphatic carbocycles. The Labute approximate surface area is 162 Å². The van der Waals surface area contributed by atoms with E-state index in [0.717, 1.165) is 6.07 Å². The van der Waals surface area contributed by atoms with Crippen molar-refractivity contribution >= 4 is 17.7 Å². The van der Waals surface area contributed by atoms with E-state index in [2.05, 4.69) is 10.3 Å². The average Bonchev–Trinajstić information content (AvgIpc) is 3.38. The molecule has 3 heterocycles. The van der Waals surface area contributed by atoms with Crippen molar-refractivity contribution in [2.75, 3.05) is 5.75 Å². The number of halogens is 3. The summed E-state index contributed by atoms with van der Waals surface area (Å²) in [5.74, 6) is 0.894. The fraction of sp³-hybridized carbons (Fsp3) is 0.278. The van der Waals surface area contributed by atoms with Crippen LogP contribution >= 0.6 is 11.8 Å². The van der Waals surface area contributed by atoms with E-state index < -0.39 is 11.7 Å². The third-order valence-electron chi connectivity index (χ3n) is 4.34. The van der Waals surface area contributed by atoms with Gasteiger partial charge in [-0.1, -0.05) is 23.4 Å². The Bertz CT molecular complexity index is 971. The van der Waals surface area contributed by atoms with Crippen LogP contribution in [0, 0.1) is 0 Å². The molecule has 1 atom stereocenters. The number of carbonyl (C=O) groups excluding carboxylic acids is 1. The van der Waals surface area contributed by atoms with Crippen LogP contribution in [0.2, 0.25) is 0 Å². The van der Waals surface area contributed by atoms with Gasteiger partial charge < -0.3 is 9.32 Å². The number of amides is 1. The molecular formula is C18H15F3N4O2S. The molecule has 0 unspecified atom stereocenters. The number of hydrogen-bond donors (Lipinski definition) is 0. The molecule has 0 radical (unpaired) electrons. The van der Waals surface area contributed by atoms with Crippen molar-refractivity contribution in [3.63, 3.8) is 0 Å². The Morgan fingerprint density at radius 2 is 2.00 bits per heavy atom. The van der Waals surface area contributed by atoms with Gasteiger partial charge in [0.15, 0.2) is 0 Å². The SMILES string of the molecule is O=C1CS[C@@H](c2cn(Cc3ccccc3C(F)(F)F)nn2)N1Cc1ccco1. The number of aromatic nitrogens is 3. The molecule has 3 aromatic rings. The normalized spacial score (nSPS) is 17.5. The lowest BCUT2D eigenvalue weighted by molar-refractivity contribution is -0.138. The Kier molecular flexibility index (Phi) is 4.88. The molecule has 1 aliphatic rings. The van der Waals surface area contributed by atoms with Gasteiger partial charge in [0.1, 0.15) is 16.8 Å². The fourth-order valence-electron chi connectivity index (χ4n) is 3.05. The van der Waals surface area contributed by atoms with E-state index in [9.17, 15) is 18.0 Å². The smallest absolute Gasteiger partial charge is 0.416 e. The number of furan rings is 1. The summed E-state index contributed by atoms with van der Waals surface area (Å²) in [6.45, 7) is 0.236. The monoisotopic (exact) mass is 408 g/mol. The Hall–Kier alpha value is -2.75. The van der Waals surface area contributed by atoms with Crippen LogP contribution in [0.15, 0.2) is 53.3 Å². The maximum atomic E-state index is 13.2. The van der Waals surface area contributed by atoms with Gasteiger partial charge in [0.05, 0.1) is 36.9 Å². The second-order valence-electron chi connectivity index (χ2n) is 6.26. The fourth-order valence-corrected chi connectivity index (χ4v) is 4.17. The van der Waals surface area contributed by atoms with Crippen molar-refractivity contribution < 1.29 is 22.4 Å². The summed E-state index contributed by atoms with van der Waals surface area (Å²) >= 11 is 1.40. The zero-order valence-corrected chi connectivity index (χ0v) is 15.3. The molecular weight excluding hydrogens is 393 g/mol. The molecule has 146 valence electrons. The van der Waals surface area contributed by atoms with Crippen LogP contribution in [0.1, 0.15) is 28.0 Å². The molecule has 10 heteroatoms. The van der Waals surface area contributed by atoms with Crippen LogP contribution in [0.4, 0.5) is 13.2 Å². The highest BCUT2D eigenvalue weighted by molar-refractivity contribution is 8.00.